The third-order valence-electron chi connectivity index (χ3n) is 3.20. The van der Waals surface area contributed by atoms with Crippen molar-refractivity contribution in [2.24, 2.45) is 5.16 Å². The second kappa shape index (κ2) is 5.01. The summed E-state index contributed by atoms with van der Waals surface area (Å²) in [5, 5.41) is 12.4. The molecule has 1 aliphatic carbocycles. The van der Waals surface area contributed by atoms with Gasteiger partial charge in [0.25, 0.3) is 0 Å². The van der Waals surface area contributed by atoms with E-state index in [1.807, 2.05) is 18.2 Å². The Hall–Kier alpha value is -1.51. The first-order valence-corrected chi connectivity index (χ1v) is 5.70. The maximum atomic E-state index is 9.01. The van der Waals surface area contributed by atoms with Crippen molar-refractivity contribution in [2.75, 3.05) is 7.11 Å². The van der Waals surface area contributed by atoms with Gasteiger partial charge in [-0.25, -0.2) is 0 Å². The Balaban J connectivity index is 2.27. The SMILES string of the molecule is COc1cccc([C@H]2CCCC/C2=N\O)c1. The first-order chi connectivity index (χ1) is 7.85. The standard InChI is InChI=1S/C13H17NO2/c1-16-11-6-4-5-10(9-11)12-7-2-3-8-13(12)14-15/h4-6,9,12,15H,2-3,7-8H2,1H3/b14-13+/t12-/m1/s1. The maximum Gasteiger partial charge on any atom is 0.119 e. The van der Waals surface area contributed by atoms with Crippen molar-refractivity contribution in [3.05, 3.63) is 29.8 Å². The average Bonchev–Trinajstić information content (AvgIpc) is 2.38. The fourth-order valence-electron chi connectivity index (χ4n) is 2.33. The van der Waals surface area contributed by atoms with Crippen LogP contribution >= 0.6 is 0 Å². The molecule has 0 aliphatic heterocycles. The summed E-state index contributed by atoms with van der Waals surface area (Å²) < 4.78 is 5.21. The van der Waals surface area contributed by atoms with Crippen molar-refractivity contribution in [3.63, 3.8) is 0 Å². The van der Waals surface area contributed by atoms with Crippen LogP contribution in [-0.4, -0.2) is 18.0 Å². The number of rotatable bonds is 2. The van der Waals surface area contributed by atoms with Gasteiger partial charge in [0, 0.05) is 5.92 Å². The van der Waals surface area contributed by atoms with Crippen LogP contribution < -0.4 is 4.74 Å². The number of hydrogen-bond donors (Lipinski definition) is 1. The van der Waals surface area contributed by atoms with E-state index >= 15 is 0 Å². The Bertz CT molecular complexity index is 387. The summed E-state index contributed by atoms with van der Waals surface area (Å²) in [5.74, 6) is 1.12. The summed E-state index contributed by atoms with van der Waals surface area (Å²) in [5.41, 5.74) is 2.09. The van der Waals surface area contributed by atoms with Crippen LogP contribution in [0.2, 0.25) is 0 Å². The summed E-state index contributed by atoms with van der Waals surface area (Å²) in [6, 6.07) is 8.02. The topological polar surface area (TPSA) is 41.8 Å². The molecule has 1 atom stereocenters. The molecule has 0 heterocycles. The van der Waals surface area contributed by atoms with Crippen LogP contribution in [0.1, 0.15) is 37.2 Å². The molecule has 1 aliphatic rings. The molecule has 1 N–H and O–H groups in total. The molecular weight excluding hydrogens is 202 g/mol. The van der Waals surface area contributed by atoms with Crippen LogP contribution in [0, 0.1) is 0 Å². The van der Waals surface area contributed by atoms with Gasteiger partial charge >= 0.3 is 0 Å². The van der Waals surface area contributed by atoms with Gasteiger partial charge in [0.15, 0.2) is 0 Å². The van der Waals surface area contributed by atoms with Crippen molar-refractivity contribution in [2.45, 2.75) is 31.6 Å². The molecule has 3 heteroatoms. The molecule has 16 heavy (non-hydrogen) atoms. The van der Waals surface area contributed by atoms with Gasteiger partial charge in [0.1, 0.15) is 5.75 Å². The molecule has 0 bridgehead atoms. The highest BCUT2D eigenvalue weighted by atomic mass is 16.5. The molecule has 0 radical (unpaired) electrons. The highest BCUT2D eigenvalue weighted by molar-refractivity contribution is 5.91. The van der Waals surface area contributed by atoms with E-state index in [0.29, 0.717) is 0 Å². The van der Waals surface area contributed by atoms with Crippen LogP contribution in [0.25, 0.3) is 0 Å². The Morgan fingerprint density at radius 1 is 1.38 bits per heavy atom. The normalized spacial score (nSPS) is 23.3. The third-order valence-corrected chi connectivity index (χ3v) is 3.20. The van der Waals surface area contributed by atoms with Crippen molar-refractivity contribution in [3.8, 4) is 5.75 Å². The van der Waals surface area contributed by atoms with E-state index in [-0.39, 0.29) is 5.92 Å². The lowest BCUT2D eigenvalue weighted by atomic mass is 9.82. The average molecular weight is 219 g/mol. The van der Waals surface area contributed by atoms with Crippen molar-refractivity contribution in [1.82, 2.24) is 0 Å². The fraction of sp³-hybridized carbons (Fsp3) is 0.462. The molecule has 1 fully saturated rings. The first-order valence-electron chi connectivity index (χ1n) is 5.70. The summed E-state index contributed by atoms with van der Waals surface area (Å²) >= 11 is 0. The molecule has 1 saturated carbocycles. The highest BCUT2D eigenvalue weighted by Crippen LogP contribution is 2.32. The number of hydrogen-bond acceptors (Lipinski definition) is 3. The molecule has 0 unspecified atom stereocenters. The maximum absolute atomic E-state index is 9.01. The largest absolute Gasteiger partial charge is 0.497 e. The van der Waals surface area contributed by atoms with E-state index in [0.717, 1.165) is 30.7 Å². The van der Waals surface area contributed by atoms with Gasteiger partial charge in [0.2, 0.25) is 0 Å². The van der Waals surface area contributed by atoms with Gasteiger partial charge in [-0.05, 0) is 37.0 Å². The number of methoxy groups -OCH3 is 1. The van der Waals surface area contributed by atoms with Crippen LogP contribution in [-0.2, 0) is 0 Å². The Kier molecular flexibility index (Phi) is 3.44. The lowest BCUT2D eigenvalue weighted by molar-refractivity contribution is 0.312. The van der Waals surface area contributed by atoms with E-state index < -0.39 is 0 Å². The highest BCUT2D eigenvalue weighted by Gasteiger charge is 2.22. The smallest absolute Gasteiger partial charge is 0.119 e. The lowest BCUT2D eigenvalue weighted by Gasteiger charge is -2.23. The summed E-state index contributed by atoms with van der Waals surface area (Å²) in [4.78, 5) is 0. The van der Waals surface area contributed by atoms with Gasteiger partial charge in [-0.1, -0.05) is 23.7 Å². The lowest BCUT2D eigenvalue weighted by Crippen LogP contribution is -2.17. The number of benzene rings is 1. The summed E-state index contributed by atoms with van der Waals surface area (Å²) in [6.07, 6.45) is 4.28. The van der Waals surface area contributed by atoms with E-state index in [1.54, 1.807) is 7.11 Å². The molecule has 0 spiro atoms. The monoisotopic (exact) mass is 219 g/mol. The van der Waals surface area contributed by atoms with Crippen molar-refractivity contribution >= 4 is 5.71 Å². The van der Waals surface area contributed by atoms with Crippen LogP contribution in [0.15, 0.2) is 29.4 Å². The fourth-order valence-corrected chi connectivity index (χ4v) is 2.33. The Labute approximate surface area is 95.7 Å². The van der Waals surface area contributed by atoms with Gasteiger partial charge in [0.05, 0.1) is 12.8 Å². The van der Waals surface area contributed by atoms with Crippen molar-refractivity contribution in [1.29, 1.82) is 0 Å². The van der Waals surface area contributed by atoms with Gasteiger partial charge in [-0.15, -0.1) is 0 Å². The molecule has 0 amide bonds. The Morgan fingerprint density at radius 3 is 3.00 bits per heavy atom. The van der Waals surface area contributed by atoms with Crippen LogP contribution in [0.5, 0.6) is 5.75 Å². The Morgan fingerprint density at radius 2 is 2.25 bits per heavy atom. The predicted molar refractivity (Wildman–Crippen MR) is 63.4 cm³/mol. The van der Waals surface area contributed by atoms with E-state index in [4.69, 9.17) is 9.94 Å². The van der Waals surface area contributed by atoms with Gasteiger partial charge < -0.3 is 9.94 Å². The van der Waals surface area contributed by atoms with Gasteiger partial charge in [-0.2, -0.15) is 0 Å². The second-order valence-corrected chi connectivity index (χ2v) is 4.17. The minimum atomic E-state index is 0.258. The quantitative estimate of drug-likeness (QED) is 0.613. The zero-order chi connectivity index (χ0) is 11.4. The molecule has 3 nitrogen and oxygen atoms in total. The molecule has 1 aromatic carbocycles. The molecular formula is C13H17NO2. The molecule has 86 valence electrons. The molecule has 0 saturated heterocycles. The summed E-state index contributed by atoms with van der Waals surface area (Å²) in [6.45, 7) is 0. The number of nitrogens with zero attached hydrogens (tertiary/aromatic N) is 1. The second-order valence-electron chi connectivity index (χ2n) is 4.17. The van der Waals surface area contributed by atoms with Crippen molar-refractivity contribution < 1.29 is 9.94 Å². The first kappa shape index (κ1) is 11.0. The zero-order valence-electron chi connectivity index (χ0n) is 9.52. The zero-order valence-corrected chi connectivity index (χ0v) is 9.52. The summed E-state index contributed by atoms with van der Waals surface area (Å²) in [7, 11) is 1.67. The van der Waals surface area contributed by atoms with E-state index in [1.165, 1.54) is 12.0 Å². The molecule has 2 rings (SSSR count). The minimum Gasteiger partial charge on any atom is -0.497 e. The van der Waals surface area contributed by atoms with E-state index in [2.05, 4.69) is 11.2 Å². The number of oxime groups is 1. The van der Waals surface area contributed by atoms with E-state index in [9.17, 15) is 0 Å². The van der Waals surface area contributed by atoms with Gasteiger partial charge in [-0.3, -0.25) is 0 Å². The number of ether oxygens (including phenoxy) is 1. The molecule has 1 aromatic rings. The molecule has 0 aromatic heterocycles. The predicted octanol–water partition coefficient (Wildman–Crippen LogP) is 3.18. The minimum absolute atomic E-state index is 0.258. The van der Waals surface area contributed by atoms with Crippen LogP contribution in [0.4, 0.5) is 0 Å². The van der Waals surface area contributed by atoms with Crippen LogP contribution in [0.3, 0.4) is 0 Å². The third kappa shape index (κ3) is 2.18.